The van der Waals surface area contributed by atoms with Crippen LogP contribution in [-0.4, -0.2) is 43.8 Å². The number of benzene rings is 2. The van der Waals surface area contributed by atoms with Crippen LogP contribution in [0.1, 0.15) is 17.8 Å². The van der Waals surface area contributed by atoms with Gasteiger partial charge in [-0.1, -0.05) is 23.7 Å². The van der Waals surface area contributed by atoms with Gasteiger partial charge in [-0.25, -0.2) is 13.4 Å². The normalized spacial score (nSPS) is 17.0. The molecule has 2 heterocycles. The molecule has 0 bridgehead atoms. The van der Waals surface area contributed by atoms with E-state index in [1.165, 1.54) is 29.6 Å². The molecule has 1 aromatic heterocycles. The number of rotatable bonds is 6. The van der Waals surface area contributed by atoms with E-state index in [2.05, 4.69) is 10.3 Å². The van der Waals surface area contributed by atoms with E-state index in [4.69, 9.17) is 16.3 Å². The van der Waals surface area contributed by atoms with E-state index in [9.17, 15) is 13.2 Å². The van der Waals surface area contributed by atoms with Gasteiger partial charge in [0, 0.05) is 29.7 Å². The Morgan fingerprint density at radius 2 is 2.09 bits per heavy atom. The lowest BCUT2D eigenvalue weighted by Crippen LogP contribution is -2.43. The van der Waals surface area contributed by atoms with Gasteiger partial charge >= 0.3 is 0 Å². The number of halogens is 1. The third-order valence-electron chi connectivity index (χ3n) is 5.56. The Labute approximate surface area is 202 Å². The molecule has 2 aromatic carbocycles. The van der Waals surface area contributed by atoms with Crippen molar-refractivity contribution in [1.82, 2.24) is 9.29 Å². The number of hydrogen-bond donors (Lipinski definition) is 1. The van der Waals surface area contributed by atoms with Crippen LogP contribution in [0.15, 0.2) is 52.7 Å². The van der Waals surface area contributed by atoms with E-state index in [-0.39, 0.29) is 22.4 Å². The van der Waals surface area contributed by atoms with Crippen molar-refractivity contribution in [3.63, 3.8) is 0 Å². The number of piperidine rings is 1. The number of amides is 1. The molecule has 10 heteroatoms. The Morgan fingerprint density at radius 1 is 1.27 bits per heavy atom. The highest BCUT2D eigenvalue weighted by atomic mass is 35.5. The number of carbonyl (C=O) groups excluding carboxylic acids is 1. The molecule has 3 aromatic rings. The van der Waals surface area contributed by atoms with E-state index < -0.39 is 15.9 Å². The summed E-state index contributed by atoms with van der Waals surface area (Å²) >= 11 is 7.70. The van der Waals surface area contributed by atoms with Crippen LogP contribution in [0.25, 0.3) is 11.3 Å². The highest BCUT2D eigenvalue weighted by Gasteiger charge is 2.33. The molecular weight excluding hydrogens is 482 g/mol. The second kappa shape index (κ2) is 9.80. The summed E-state index contributed by atoms with van der Waals surface area (Å²) in [5.41, 5.74) is 2.44. The molecule has 0 aliphatic carbocycles. The Hall–Kier alpha value is -2.46. The van der Waals surface area contributed by atoms with Crippen molar-refractivity contribution >= 4 is 44.6 Å². The van der Waals surface area contributed by atoms with Crippen molar-refractivity contribution < 1.29 is 17.9 Å². The van der Waals surface area contributed by atoms with E-state index >= 15 is 0 Å². The first-order chi connectivity index (χ1) is 15.8. The zero-order chi connectivity index (χ0) is 23.6. The average Bonchev–Trinajstić information content (AvgIpc) is 3.25. The van der Waals surface area contributed by atoms with Crippen LogP contribution in [0, 0.1) is 12.8 Å². The third-order valence-corrected chi connectivity index (χ3v) is 8.49. The van der Waals surface area contributed by atoms with Crippen LogP contribution in [-0.2, 0) is 14.8 Å². The fourth-order valence-corrected chi connectivity index (χ4v) is 6.32. The summed E-state index contributed by atoms with van der Waals surface area (Å²) in [7, 11) is -2.31. The van der Waals surface area contributed by atoms with Crippen LogP contribution in [0.5, 0.6) is 5.75 Å². The van der Waals surface area contributed by atoms with Crippen molar-refractivity contribution in [2.45, 2.75) is 24.7 Å². The van der Waals surface area contributed by atoms with E-state index in [1.54, 1.807) is 11.3 Å². The lowest BCUT2D eigenvalue weighted by molar-refractivity contribution is -0.120. The molecule has 4 rings (SSSR count). The molecule has 1 amide bonds. The average molecular weight is 506 g/mol. The fourth-order valence-electron chi connectivity index (χ4n) is 3.83. The SMILES string of the molecule is COc1ccc(S(=O)(=O)N2CCCC(C(=O)Nc3cccc(-c4csc(C)n4)c3)C2)cc1Cl. The van der Waals surface area contributed by atoms with E-state index in [0.717, 1.165) is 16.3 Å². The van der Waals surface area contributed by atoms with Crippen LogP contribution in [0.3, 0.4) is 0 Å². The molecule has 1 fully saturated rings. The Balaban J connectivity index is 1.47. The van der Waals surface area contributed by atoms with Gasteiger partial charge in [0.1, 0.15) is 5.75 Å². The fraction of sp³-hybridized carbons (Fsp3) is 0.304. The van der Waals surface area contributed by atoms with Gasteiger partial charge in [-0.15, -0.1) is 11.3 Å². The van der Waals surface area contributed by atoms with Crippen LogP contribution in [0.4, 0.5) is 5.69 Å². The number of anilines is 1. The van der Waals surface area contributed by atoms with Gasteiger partial charge < -0.3 is 10.1 Å². The number of aromatic nitrogens is 1. The maximum Gasteiger partial charge on any atom is 0.243 e. The summed E-state index contributed by atoms with van der Waals surface area (Å²) in [4.78, 5) is 17.6. The highest BCUT2D eigenvalue weighted by molar-refractivity contribution is 7.89. The molecule has 1 aliphatic rings. The standard InChI is InChI=1S/C23H24ClN3O4S2/c1-15-25-21(14-32-15)16-5-3-7-18(11-16)26-23(28)17-6-4-10-27(13-17)33(29,30)19-8-9-22(31-2)20(24)12-19/h3,5,7-9,11-12,14,17H,4,6,10,13H2,1-2H3,(H,26,28). The monoisotopic (exact) mass is 505 g/mol. The quantitative estimate of drug-likeness (QED) is 0.519. The maximum atomic E-state index is 13.2. The van der Waals surface area contributed by atoms with Gasteiger partial charge in [-0.05, 0) is 50.1 Å². The Kier molecular flexibility index (Phi) is 7.04. The first-order valence-corrected chi connectivity index (χ1v) is 13.1. The maximum absolute atomic E-state index is 13.2. The number of sulfonamides is 1. The molecule has 0 spiro atoms. The van der Waals surface area contributed by atoms with E-state index in [0.29, 0.717) is 30.8 Å². The Bertz CT molecular complexity index is 1280. The number of ether oxygens (including phenoxy) is 1. The highest BCUT2D eigenvalue weighted by Crippen LogP contribution is 2.31. The molecule has 1 N–H and O–H groups in total. The lowest BCUT2D eigenvalue weighted by atomic mass is 9.98. The van der Waals surface area contributed by atoms with E-state index in [1.807, 2.05) is 36.6 Å². The minimum Gasteiger partial charge on any atom is -0.495 e. The topological polar surface area (TPSA) is 88.6 Å². The molecule has 1 atom stereocenters. The first-order valence-electron chi connectivity index (χ1n) is 10.4. The number of thiazole rings is 1. The summed E-state index contributed by atoms with van der Waals surface area (Å²) in [5, 5.41) is 6.12. The summed E-state index contributed by atoms with van der Waals surface area (Å²) in [5.74, 6) is -0.247. The van der Waals surface area contributed by atoms with Crippen LogP contribution >= 0.6 is 22.9 Å². The number of carbonyl (C=O) groups is 1. The Morgan fingerprint density at radius 3 is 2.79 bits per heavy atom. The summed E-state index contributed by atoms with van der Waals surface area (Å²) in [6.45, 7) is 2.42. The van der Waals surface area contributed by atoms with Crippen molar-refractivity contribution in [3.8, 4) is 17.0 Å². The van der Waals surface area contributed by atoms with Gasteiger partial charge in [0.2, 0.25) is 15.9 Å². The molecular formula is C23H24ClN3O4S2. The van der Waals surface area contributed by atoms with Gasteiger partial charge in [-0.3, -0.25) is 4.79 Å². The number of methoxy groups -OCH3 is 1. The second-order valence-electron chi connectivity index (χ2n) is 7.82. The van der Waals surface area contributed by atoms with Crippen molar-refractivity contribution in [2.24, 2.45) is 5.92 Å². The predicted octanol–water partition coefficient (Wildman–Crippen LogP) is 4.82. The van der Waals surface area contributed by atoms with Crippen LogP contribution < -0.4 is 10.1 Å². The third kappa shape index (κ3) is 5.22. The van der Waals surface area contributed by atoms with Gasteiger partial charge in [0.05, 0.1) is 33.6 Å². The lowest BCUT2D eigenvalue weighted by Gasteiger charge is -2.31. The van der Waals surface area contributed by atoms with Gasteiger partial charge in [-0.2, -0.15) is 4.31 Å². The molecule has 0 saturated carbocycles. The molecule has 33 heavy (non-hydrogen) atoms. The summed E-state index contributed by atoms with van der Waals surface area (Å²) < 4.78 is 32.8. The largest absolute Gasteiger partial charge is 0.495 e. The molecule has 1 saturated heterocycles. The molecule has 1 aliphatic heterocycles. The predicted molar refractivity (Wildman–Crippen MR) is 130 cm³/mol. The number of aryl methyl sites for hydroxylation is 1. The molecule has 7 nitrogen and oxygen atoms in total. The zero-order valence-electron chi connectivity index (χ0n) is 18.2. The zero-order valence-corrected chi connectivity index (χ0v) is 20.6. The molecule has 1 unspecified atom stereocenters. The van der Waals surface area contributed by atoms with Gasteiger partial charge in [0.25, 0.3) is 0 Å². The van der Waals surface area contributed by atoms with Gasteiger partial charge in [0.15, 0.2) is 0 Å². The van der Waals surface area contributed by atoms with Crippen LogP contribution in [0.2, 0.25) is 5.02 Å². The smallest absolute Gasteiger partial charge is 0.243 e. The summed E-state index contributed by atoms with van der Waals surface area (Å²) in [6, 6.07) is 11.9. The number of hydrogen-bond acceptors (Lipinski definition) is 6. The molecule has 0 radical (unpaired) electrons. The minimum absolute atomic E-state index is 0.0839. The number of nitrogens with one attached hydrogen (secondary N) is 1. The van der Waals surface area contributed by atoms with Crippen molar-refractivity contribution in [2.75, 3.05) is 25.5 Å². The summed E-state index contributed by atoms with van der Waals surface area (Å²) in [6.07, 6.45) is 1.21. The molecule has 174 valence electrons. The van der Waals surface area contributed by atoms with Crippen molar-refractivity contribution in [1.29, 1.82) is 0 Å². The van der Waals surface area contributed by atoms with Crippen molar-refractivity contribution in [3.05, 3.63) is 57.9 Å². The number of nitrogens with zero attached hydrogens (tertiary/aromatic N) is 2. The first kappa shape index (κ1) is 23.7. The minimum atomic E-state index is -3.78. The second-order valence-corrected chi connectivity index (χ2v) is 11.2.